The number of hydrogen-bond donors (Lipinski definition) is 0. The first-order valence-electron chi connectivity index (χ1n) is 6.31. The molecule has 0 N–H and O–H groups in total. The molecular formula is C15H14ClO4-. The van der Waals surface area contributed by atoms with Gasteiger partial charge in [-0.15, -0.1) is 0 Å². The third kappa shape index (κ3) is 3.54. The summed E-state index contributed by atoms with van der Waals surface area (Å²) in [4.78, 5) is 10.7. The Morgan fingerprint density at radius 3 is 2.80 bits per heavy atom. The Kier molecular flexibility index (Phi) is 4.69. The topological polar surface area (TPSA) is 62.5 Å². The van der Waals surface area contributed by atoms with E-state index >= 15 is 0 Å². The van der Waals surface area contributed by atoms with Crippen molar-refractivity contribution in [3.8, 4) is 5.75 Å². The van der Waals surface area contributed by atoms with Crippen LogP contribution < -0.4 is 9.84 Å². The number of halogens is 1. The molecule has 106 valence electrons. The highest BCUT2D eigenvalue weighted by Crippen LogP contribution is 2.26. The highest BCUT2D eigenvalue weighted by atomic mass is 35.5. The van der Waals surface area contributed by atoms with E-state index in [4.69, 9.17) is 20.8 Å². The van der Waals surface area contributed by atoms with Gasteiger partial charge in [0.2, 0.25) is 0 Å². The summed E-state index contributed by atoms with van der Waals surface area (Å²) in [6.45, 7) is 2.63. The molecule has 0 aliphatic rings. The predicted molar refractivity (Wildman–Crippen MR) is 73.1 cm³/mol. The van der Waals surface area contributed by atoms with Gasteiger partial charge in [0.05, 0.1) is 6.61 Å². The summed E-state index contributed by atoms with van der Waals surface area (Å²) in [5.41, 5.74) is 0.852. The molecule has 0 saturated carbocycles. The predicted octanol–water partition coefficient (Wildman–Crippen LogP) is 2.68. The second-order valence-electron chi connectivity index (χ2n) is 4.33. The van der Waals surface area contributed by atoms with Crippen molar-refractivity contribution in [1.82, 2.24) is 0 Å². The van der Waals surface area contributed by atoms with Crippen LogP contribution in [0.25, 0.3) is 0 Å². The molecule has 1 aromatic carbocycles. The molecule has 0 spiro atoms. The molecular weight excluding hydrogens is 280 g/mol. The van der Waals surface area contributed by atoms with E-state index in [0.717, 1.165) is 17.7 Å². The number of carbonyl (C=O) groups excluding carboxylic acids is 1. The quantitative estimate of drug-likeness (QED) is 0.821. The molecule has 0 amide bonds. The lowest BCUT2D eigenvalue weighted by molar-refractivity contribution is -0.257. The van der Waals surface area contributed by atoms with Crippen LogP contribution in [-0.4, -0.2) is 12.6 Å². The number of rotatable bonds is 6. The van der Waals surface area contributed by atoms with Gasteiger partial charge >= 0.3 is 0 Å². The zero-order chi connectivity index (χ0) is 14.5. The third-order valence-electron chi connectivity index (χ3n) is 2.71. The van der Waals surface area contributed by atoms with Gasteiger partial charge in [0.1, 0.15) is 23.2 Å². The SMILES string of the molecule is CCCOc1ccc(Cl)cc1Cc1ccc(C(=O)[O-])o1. The van der Waals surface area contributed by atoms with Crippen LogP contribution in [0.3, 0.4) is 0 Å². The summed E-state index contributed by atoms with van der Waals surface area (Å²) in [5.74, 6) is -0.265. The zero-order valence-corrected chi connectivity index (χ0v) is 11.8. The van der Waals surface area contributed by atoms with Crippen molar-refractivity contribution in [1.29, 1.82) is 0 Å². The van der Waals surface area contributed by atoms with Gasteiger partial charge in [-0.3, -0.25) is 0 Å². The maximum atomic E-state index is 10.7. The highest BCUT2D eigenvalue weighted by molar-refractivity contribution is 6.30. The van der Waals surface area contributed by atoms with Crippen molar-refractivity contribution < 1.29 is 19.1 Å². The van der Waals surface area contributed by atoms with Gasteiger partial charge in [0.25, 0.3) is 0 Å². The fraction of sp³-hybridized carbons (Fsp3) is 0.267. The van der Waals surface area contributed by atoms with Gasteiger partial charge < -0.3 is 19.1 Å². The number of benzene rings is 1. The van der Waals surface area contributed by atoms with Gasteiger partial charge in [0.15, 0.2) is 0 Å². The maximum Gasteiger partial charge on any atom is 0.149 e. The summed E-state index contributed by atoms with van der Waals surface area (Å²) in [5, 5.41) is 11.3. The standard InChI is InChI=1S/C15H15ClO4/c1-2-7-19-13-5-3-11(16)8-10(13)9-12-4-6-14(20-12)15(17)18/h3-6,8H,2,7,9H2,1H3,(H,17,18)/p-1. The molecule has 2 aromatic rings. The van der Waals surface area contributed by atoms with E-state index in [9.17, 15) is 9.90 Å². The molecule has 2 rings (SSSR count). The third-order valence-corrected chi connectivity index (χ3v) is 2.95. The molecule has 0 atom stereocenters. The summed E-state index contributed by atoms with van der Waals surface area (Å²) < 4.78 is 10.8. The monoisotopic (exact) mass is 293 g/mol. The van der Waals surface area contributed by atoms with E-state index in [1.54, 1.807) is 24.3 Å². The summed E-state index contributed by atoms with van der Waals surface area (Å²) >= 11 is 5.98. The normalized spacial score (nSPS) is 10.5. The Morgan fingerprint density at radius 1 is 1.35 bits per heavy atom. The maximum absolute atomic E-state index is 10.7. The minimum Gasteiger partial charge on any atom is -0.542 e. The van der Waals surface area contributed by atoms with Crippen LogP contribution in [0.5, 0.6) is 5.75 Å². The molecule has 0 radical (unpaired) electrons. The molecule has 0 aliphatic heterocycles. The van der Waals surface area contributed by atoms with Crippen molar-refractivity contribution in [2.75, 3.05) is 6.61 Å². The molecule has 0 aliphatic carbocycles. The van der Waals surface area contributed by atoms with Gasteiger partial charge in [-0.1, -0.05) is 18.5 Å². The number of aromatic carboxylic acids is 1. The van der Waals surface area contributed by atoms with E-state index < -0.39 is 5.97 Å². The number of carbonyl (C=O) groups is 1. The van der Waals surface area contributed by atoms with Crippen LogP contribution in [0, 0.1) is 0 Å². The van der Waals surface area contributed by atoms with Crippen LogP contribution >= 0.6 is 11.6 Å². The lowest BCUT2D eigenvalue weighted by Crippen LogP contribution is -2.21. The second kappa shape index (κ2) is 6.48. The van der Waals surface area contributed by atoms with Crippen molar-refractivity contribution in [2.45, 2.75) is 19.8 Å². The Morgan fingerprint density at radius 2 is 2.15 bits per heavy atom. The first-order valence-corrected chi connectivity index (χ1v) is 6.69. The van der Waals surface area contributed by atoms with Gasteiger partial charge in [-0.2, -0.15) is 0 Å². The van der Waals surface area contributed by atoms with E-state index in [0.29, 0.717) is 23.8 Å². The van der Waals surface area contributed by atoms with Crippen molar-refractivity contribution in [3.63, 3.8) is 0 Å². The fourth-order valence-corrected chi connectivity index (χ4v) is 2.00. The number of carboxylic acids is 1. The van der Waals surface area contributed by atoms with Crippen LogP contribution in [0.15, 0.2) is 34.7 Å². The minimum atomic E-state index is -1.33. The summed E-state index contributed by atoms with van der Waals surface area (Å²) in [7, 11) is 0. The minimum absolute atomic E-state index is 0.182. The summed E-state index contributed by atoms with van der Waals surface area (Å²) in [6.07, 6.45) is 1.31. The van der Waals surface area contributed by atoms with Gasteiger partial charge in [0, 0.05) is 17.0 Å². The molecule has 1 aromatic heterocycles. The average Bonchev–Trinajstić information content (AvgIpc) is 2.87. The first-order chi connectivity index (χ1) is 9.60. The van der Waals surface area contributed by atoms with Crippen molar-refractivity contribution in [3.05, 3.63) is 52.4 Å². The molecule has 0 saturated heterocycles. The average molecular weight is 294 g/mol. The van der Waals surface area contributed by atoms with Crippen molar-refractivity contribution >= 4 is 17.6 Å². The largest absolute Gasteiger partial charge is 0.542 e. The van der Waals surface area contributed by atoms with Crippen LogP contribution in [0.4, 0.5) is 0 Å². The Labute approximate surface area is 121 Å². The van der Waals surface area contributed by atoms with E-state index in [1.807, 2.05) is 6.92 Å². The van der Waals surface area contributed by atoms with E-state index in [-0.39, 0.29) is 5.76 Å². The molecule has 0 unspecified atom stereocenters. The Hall–Kier alpha value is -1.94. The van der Waals surface area contributed by atoms with Crippen LogP contribution in [0.1, 0.15) is 35.2 Å². The van der Waals surface area contributed by atoms with Crippen LogP contribution in [0.2, 0.25) is 5.02 Å². The van der Waals surface area contributed by atoms with Gasteiger partial charge in [-0.05, 0) is 36.8 Å². The molecule has 5 heteroatoms. The van der Waals surface area contributed by atoms with Gasteiger partial charge in [-0.25, -0.2) is 0 Å². The molecule has 0 fully saturated rings. The highest BCUT2D eigenvalue weighted by Gasteiger charge is 2.09. The lowest BCUT2D eigenvalue weighted by Gasteiger charge is -2.10. The molecule has 20 heavy (non-hydrogen) atoms. The van der Waals surface area contributed by atoms with E-state index in [1.165, 1.54) is 6.07 Å². The van der Waals surface area contributed by atoms with E-state index in [2.05, 4.69) is 0 Å². The first kappa shape index (κ1) is 14.5. The lowest BCUT2D eigenvalue weighted by atomic mass is 10.1. The molecule has 4 nitrogen and oxygen atoms in total. The molecule has 1 heterocycles. The Bertz CT molecular complexity index is 604. The van der Waals surface area contributed by atoms with Crippen LogP contribution in [-0.2, 0) is 6.42 Å². The smallest absolute Gasteiger partial charge is 0.149 e. The number of furan rings is 1. The fourth-order valence-electron chi connectivity index (χ4n) is 1.81. The summed E-state index contributed by atoms with van der Waals surface area (Å²) in [6, 6.07) is 8.33. The number of carboxylic acid groups (broad SMARTS) is 1. The Balaban J connectivity index is 2.21. The number of ether oxygens (including phenoxy) is 1. The zero-order valence-electron chi connectivity index (χ0n) is 11.0. The second-order valence-corrected chi connectivity index (χ2v) is 4.77. The molecule has 0 bridgehead atoms. The number of hydrogen-bond acceptors (Lipinski definition) is 4. The van der Waals surface area contributed by atoms with Crippen molar-refractivity contribution in [2.24, 2.45) is 0 Å².